The van der Waals surface area contributed by atoms with Gasteiger partial charge in [-0.25, -0.2) is 8.42 Å². The van der Waals surface area contributed by atoms with E-state index < -0.39 is 22.0 Å². The minimum Gasteiger partial charge on any atom is -0.480 e. The molecule has 0 radical (unpaired) electrons. The van der Waals surface area contributed by atoms with Crippen LogP contribution in [0.1, 0.15) is 6.42 Å². The molecular weight excluding hydrogens is 338 g/mol. The molecule has 1 rings (SSSR count). The molecule has 0 spiro atoms. The van der Waals surface area contributed by atoms with Crippen molar-refractivity contribution in [2.24, 2.45) is 0 Å². The van der Waals surface area contributed by atoms with Gasteiger partial charge in [-0.1, -0.05) is 12.1 Å². The number of ether oxygens (including phenoxy) is 1. The molecule has 1 aromatic rings. The molecule has 0 saturated carbocycles. The molecule has 0 fully saturated rings. The van der Waals surface area contributed by atoms with E-state index in [1.807, 2.05) is 0 Å². The van der Waals surface area contributed by atoms with E-state index >= 15 is 0 Å². The van der Waals surface area contributed by atoms with Crippen molar-refractivity contribution in [3.8, 4) is 0 Å². The van der Waals surface area contributed by atoms with Gasteiger partial charge in [0.25, 0.3) is 0 Å². The first-order valence-corrected chi connectivity index (χ1v) is 7.64. The summed E-state index contributed by atoms with van der Waals surface area (Å²) < 4.78 is 31.5. The summed E-state index contributed by atoms with van der Waals surface area (Å²) in [6, 6.07) is 4.96. The van der Waals surface area contributed by atoms with Crippen LogP contribution >= 0.6 is 15.9 Å². The SMILES string of the molecule is COCCC(NS(=O)(=O)c1ccccc1Br)C(=O)O. The smallest absolute Gasteiger partial charge is 0.321 e. The molecule has 8 heteroatoms. The Labute approximate surface area is 120 Å². The van der Waals surface area contributed by atoms with Gasteiger partial charge in [-0.3, -0.25) is 4.79 Å². The largest absolute Gasteiger partial charge is 0.480 e. The second-order valence-corrected chi connectivity index (χ2v) is 6.26. The lowest BCUT2D eigenvalue weighted by Gasteiger charge is -2.15. The van der Waals surface area contributed by atoms with Crippen molar-refractivity contribution in [2.75, 3.05) is 13.7 Å². The van der Waals surface area contributed by atoms with Crippen molar-refractivity contribution < 1.29 is 23.1 Å². The maximum absolute atomic E-state index is 12.1. The van der Waals surface area contributed by atoms with Crippen LogP contribution in [-0.2, 0) is 19.6 Å². The molecule has 0 amide bonds. The Morgan fingerprint density at radius 1 is 1.47 bits per heavy atom. The lowest BCUT2D eigenvalue weighted by molar-refractivity contribution is -0.139. The number of nitrogens with one attached hydrogen (secondary N) is 1. The van der Waals surface area contributed by atoms with Gasteiger partial charge in [0, 0.05) is 18.2 Å². The molecule has 106 valence electrons. The van der Waals surface area contributed by atoms with Gasteiger partial charge in [-0.15, -0.1) is 0 Å². The van der Waals surface area contributed by atoms with Gasteiger partial charge >= 0.3 is 5.97 Å². The molecule has 0 heterocycles. The zero-order valence-electron chi connectivity index (χ0n) is 10.2. The second-order valence-electron chi connectivity index (χ2n) is 3.72. The van der Waals surface area contributed by atoms with Gasteiger partial charge in [0.05, 0.1) is 4.90 Å². The van der Waals surface area contributed by atoms with E-state index in [2.05, 4.69) is 20.7 Å². The van der Waals surface area contributed by atoms with Crippen molar-refractivity contribution in [2.45, 2.75) is 17.4 Å². The number of benzene rings is 1. The highest BCUT2D eigenvalue weighted by Gasteiger charge is 2.26. The minimum atomic E-state index is -3.90. The molecule has 0 bridgehead atoms. The number of carbonyl (C=O) groups is 1. The Balaban J connectivity index is 2.95. The molecule has 1 atom stereocenters. The van der Waals surface area contributed by atoms with Crippen LogP contribution in [-0.4, -0.2) is 39.3 Å². The summed E-state index contributed by atoms with van der Waals surface area (Å²) in [6.07, 6.45) is 0.0511. The third kappa shape index (κ3) is 4.57. The summed E-state index contributed by atoms with van der Waals surface area (Å²) in [5.41, 5.74) is 0. The number of carboxylic acid groups (broad SMARTS) is 1. The van der Waals surface area contributed by atoms with Gasteiger partial charge in [0.1, 0.15) is 6.04 Å². The Bertz CT molecular complexity index is 546. The zero-order chi connectivity index (χ0) is 14.5. The summed E-state index contributed by atoms with van der Waals surface area (Å²) in [4.78, 5) is 11.0. The fraction of sp³-hybridized carbons (Fsp3) is 0.364. The third-order valence-electron chi connectivity index (χ3n) is 2.33. The summed E-state index contributed by atoms with van der Waals surface area (Å²) in [6.45, 7) is 0.148. The summed E-state index contributed by atoms with van der Waals surface area (Å²) in [5, 5.41) is 8.99. The molecule has 19 heavy (non-hydrogen) atoms. The Morgan fingerprint density at radius 3 is 2.63 bits per heavy atom. The van der Waals surface area contributed by atoms with Gasteiger partial charge in [0.2, 0.25) is 10.0 Å². The number of halogens is 1. The van der Waals surface area contributed by atoms with Crippen LogP contribution in [0.25, 0.3) is 0 Å². The number of methoxy groups -OCH3 is 1. The first-order chi connectivity index (χ1) is 8.88. The van der Waals surface area contributed by atoms with Crippen LogP contribution in [0.3, 0.4) is 0 Å². The number of hydrogen-bond acceptors (Lipinski definition) is 4. The molecule has 0 aliphatic carbocycles. The molecule has 0 aliphatic heterocycles. The molecule has 6 nitrogen and oxygen atoms in total. The Hall–Kier alpha value is -0.960. The minimum absolute atomic E-state index is 0.00123. The average Bonchev–Trinajstić information content (AvgIpc) is 2.34. The first-order valence-electron chi connectivity index (χ1n) is 5.37. The van der Waals surface area contributed by atoms with E-state index in [0.717, 1.165) is 0 Å². The Kier molecular flexibility index (Phi) is 5.92. The van der Waals surface area contributed by atoms with Crippen LogP contribution in [0.5, 0.6) is 0 Å². The monoisotopic (exact) mass is 351 g/mol. The van der Waals surface area contributed by atoms with E-state index in [1.165, 1.54) is 13.2 Å². The van der Waals surface area contributed by atoms with E-state index in [-0.39, 0.29) is 17.9 Å². The maximum Gasteiger partial charge on any atom is 0.321 e. The van der Waals surface area contributed by atoms with Gasteiger partial charge in [-0.2, -0.15) is 4.72 Å². The highest BCUT2D eigenvalue weighted by molar-refractivity contribution is 9.10. The Morgan fingerprint density at radius 2 is 2.11 bits per heavy atom. The molecule has 1 aromatic carbocycles. The number of rotatable bonds is 7. The summed E-state index contributed by atoms with van der Waals surface area (Å²) >= 11 is 3.12. The van der Waals surface area contributed by atoms with Gasteiger partial charge in [-0.05, 0) is 34.5 Å². The molecule has 1 unspecified atom stereocenters. The molecular formula is C11H14BrNO5S. The van der Waals surface area contributed by atoms with Crippen molar-refractivity contribution in [1.29, 1.82) is 0 Å². The number of aliphatic carboxylic acids is 1. The standard InChI is InChI=1S/C11H14BrNO5S/c1-18-7-6-9(11(14)15)13-19(16,17)10-5-3-2-4-8(10)12/h2-5,9,13H,6-7H2,1H3,(H,14,15). The zero-order valence-corrected chi connectivity index (χ0v) is 12.6. The van der Waals surface area contributed by atoms with Crippen molar-refractivity contribution in [3.63, 3.8) is 0 Å². The van der Waals surface area contributed by atoms with E-state index in [4.69, 9.17) is 9.84 Å². The average molecular weight is 352 g/mol. The van der Waals surface area contributed by atoms with Crippen LogP contribution < -0.4 is 4.72 Å². The lowest BCUT2D eigenvalue weighted by Crippen LogP contribution is -2.41. The lowest BCUT2D eigenvalue weighted by atomic mass is 10.2. The van der Waals surface area contributed by atoms with Gasteiger partial charge < -0.3 is 9.84 Å². The number of hydrogen-bond donors (Lipinski definition) is 2. The van der Waals surface area contributed by atoms with Crippen molar-refractivity contribution in [3.05, 3.63) is 28.7 Å². The summed E-state index contributed by atoms with van der Waals surface area (Å²) in [7, 11) is -2.48. The van der Waals surface area contributed by atoms with Crippen LogP contribution in [0.2, 0.25) is 0 Å². The molecule has 0 aromatic heterocycles. The highest BCUT2D eigenvalue weighted by Crippen LogP contribution is 2.21. The first kappa shape index (κ1) is 16.1. The van der Waals surface area contributed by atoms with E-state index in [1.54, 1.807) is 18.2 Å². The van der Waals surface area contributed by atoms with Crippen LogP contribution in [0.15, 0.2) is 33.6 Å². The van der Waals surface area contributed by atoms with E-state index in [0.29, 0.717) is 4.47 Å². The van der Waals surface area contributed by atoms with Crippen LogP contribution in [0.4, 0.5) is 0 Å². The van der Waals surface area contributed by atoms with Crippen molar-refractivity contribution in [1.82, 2.24) is 4.72 Å². The second kappa shape index (κ2) is 6.99. The highest BCUT2D eigenvalue weighted by atomic mass is 79.9. The van der Waals surface area contributed by atoms with Gasteiger partial charge in [0.15, 0.2) is 0 Å². The topological polar surface area (TPSA) is 92.7 Å². The number of carboxylic acids is 1. The predicted octanol–water partition coefficient (Wildman–Crippen LogP) is 1.22. The quantitative estimate of drug-likeness (QED) is 0.770. The molecule has 0 saturated heterocycles. The molecule has 2 N–H and O–H groups in total. The maximum atomic E-state index is 12.1. The van der Waals surface area contributed by atoms with E-state index in [9.17, 15) is 13.2 Å². The summed E-state index contributed by atoms with van der Waals surface area (Å²) in [5.74, 6) is -1.24. The fourth-order valence-electron chi connectivity index (χ4n) is 1.38. The third-order valence-corrected chi connectivity index (χ3v) is 4.82. The normalized spacial score (nSPS) is 13.2. The fourth-order valence-corrected chi connectivity index (χ4v) is 3.61. The van der Waals surface area contributed by atoms with Crippen molar-refractivity contribution >= 4 is 31.9 Å². The predicted molar refractivity (Wildman–Crippen MR) is 72.4 cm³/mol. The van der Waals surface area contributed by atoms with Crippen LogP contribution in [0, 0.1) is 0 Å². The molecule has 0 aliphatic rings. The number of sulfonamides is 1.